The fourth-order valence-electron chi connectivity index (χ4n) is 3.74. The molecule has 1 saturated heterocycles. The molecule has 1 aliphatic heterocycles. The molecule has 1 fully saturated rings. The molecule has 29 heavy (non-hydrogen) atoms. The molecular formula is C21H25FN6O. The highest BCUT2D eigenvalue weighted by Gasteiger charge is 2.30. The van der Waals surface area contributed by atoms with Gasteiger partial charge in [0.05, 0.1) is 17.7 Å². The Balaban J connectivity index is 1.46. The van der Waals surface area contributed by atoms with Gasteiger partial charge in [0.25, 0.3) is 0 Å². The first-order valence-electron chi connectivity index (χ1n) is 9.89. The molecule has 0 saturated carbocycles. The minimum Gasteiger partial charge on any atom is -0.353 e. The highest BCUT2D eigenvalue weighted by atomic mass is 19.1. The van der Waals surface area contributed by atoms with Crippen LogP contribution in [0.5, 0.6) is 0 Å². The van der Waals surface area contributed by atoms with Gasteiger partial charge in [-0.25, -0.2) is 19.0 Å². The Bertz CT molecular complexity index is 1010. The number of benzene rings is 1. The summed E-state index contributed by atoms with van der Waals surface area (Å²) in [5, 5.41) is 11.1. The lowest BCUT2D eigenvalue weighted by molar-refractivity contribution is -0.125. The Hall–Kier alpha value is -2.87. The van der Waals surface area contributed by atoms with Crippen LogP contribution in [0.1, 0.15) is 37.4 Å². The third-order valence-corrected chi connectivity index (χ3v) is 5.58. The van der Waals surface area contributed by atoms with Crippen molar-refractivity contribution in [1.82, 2.24) is 30.4 Å². The quantitative estimate of drug-likeness (QED) is 0.667. The van der Waals surface area contributed by atoms with Crippen molar-refractivity contribution in [3.63, 3.8) is 0 Å². The van der Waals surface area contributed by atoms with Gasteiger partial charge in [-0.15, -0.1) is 0 Å². The maximum absolute atomic E-state index is 13.2. The summed E-state index contributed by atoms with van der Waals surface area (Å²) in [6, 6.07) is 6.04. The average molecular weight is 396 g/mol. The molecule has 3 aromatic rings. The number of aromatic nitrogens is 4. The Morgan fingerprint density at radius 2 is 2.03 bits per heavy atom. The number of halogens is 1. The number of fused-ring (bicyclic) bond motifs is 1. The molecule has 1 aliphatic rings. The molecule has 1 aromatic carbocycles. The van der Waals surface area contributed by atoms with E-state index in [9.17, 15) is 9.18 Å². The number of hydrogen-bond donors (Lipinski definition) is 2. The van der Waals surface area contributed by atoms with Crippen LogP contribution in [0.15, 0.2) is 36.7 Å². The SMILES string of the molecule is CC(C)(C(=O)NCCn1nc([C@@H]2CCNC2)c2nccnc21)c1ccc(F)cc1. The lowest BCUT2D eigenvalue weighted by Crippen LogP contribution is -2.41. The first-order valence-corrected chi connectivity index (χ1v) is 9.89. The van der Waals surface area contributed by atoms with E-state index in [1.165, 1.54) is 12.1 Å². The molecule has 152 valence electrons. The van der Waals surface area contributed by atoms with Crippen molar-refractivity contribution in [3.8, 4) is 0 Å². The van der Waals surface area contributed by atoms with Crippen molar-refractivity contribution >= 4 is 17.1 Å². The number of hydrogen-bond acceptors (Lipinski definition) is 5. The average Bonchev–Trinajstić information content (AvgIpc) is 3.36. The van der Waals surface area contributed by atoms with E-state index in [0.29, 0.717) is 19.0 Å². The molecule has 2 aromatic heterocycles. The highest BCUT2D eigenvalue weighted by molar-refractivity contribution is 5.87. The molecule has 1 atom stereocenters. The van der Waals surface area contributed by atoms with Crippen molar-refractivity contribution < 1.29 is 9.18 Å². The molecule has 1 amide bonds. The predicted molar refractivity (Wildman–Crippen MR) is 108 cm³/mol. The number of amides is 1. The van der Waals surface area contributed by atoms with Gasteiger partial charge in [-0.2, -0.15) is 5.10 Å². The fourth-order valence-corrected chi connectivity index (χ4v) is 3.74. The third-order valence-electron chi connectivity index (χ3n) is 5.58. The van der Waals surface area contributed by atoms with Crippen LogP contribution in [-0.4, -0.2) is 45.3 Å². The maximum atomic E-state index is 13.2. The Morgan fingerprint density at radius 3 is 2.76 bits per heavy atom. The summed E-state index contributed by atoms with van der Waals surface area (Å²) in [6.45, 7) is 6.45. The van der Waals surface area contributed by atoms with E-state index in [0.717, 1.165) is 41.9 Å². The summed E-state index contributed by atoms with van der Waals surface area (Å²) < 4.78 is 15.0. The van der Waals surface area contributed by atoms with E-state index in [-0.39, 0.29) is 11.7 Å². The first-order chi connectivity index (χ1) is 14.0. The van der Waals surface area contributed by atoms with Gasteiger partial charge in [0.2, 0.25) is 5.91 Å². The van der Waals surface area contributed by atoms with E-state index in [4.69, 9.17) is 5.10 Å². The van der Waals surface area contributed by atoms with Gasteiger partial charge < -0.3 is 10.6 Å². The zero-order valence-electron chi connectivity index (χ0n) is 16.7. The minimum atomic E-state index is -0.764. The van der Waals surface area contributed by atoms with Crippen molar-refractivity contribution in [2.24, 2.45) is 0 Å². The summed E-state index contributed by atoms with van der Waals surface area (Å²) in [4.78, 5) is 21.7. The Labute approximate surface area is 168 Å². The van der Waals surface area contributed by atoms with Crippen molar-refractivity contribution in [2.45, 2.75) is 38.1 Å². The van der Waals surface area contributed by atoms with Gasteiger partial charge in [-0.1, -0.05) is 12.1 Å². The van der Waals surface area contributed by atoms with E-state index in [2.05, 4.69) is 20.6 Å². The van der Waals surface area contributed by atoms with Gasteiger partial charge in [0, 0.05) is 31.4 Å². The highest BCUT2D eigenvalue weighted by Crippen LogP contribution is 2.27. The van der Waals surface area contributed by atoms with Gasteiger partial charge in [0.15, 0.2) is 5.65 Å². The normalized spacial score (nSPS) is 17.0. The monoisotopic (exact) mass is 396 g/mol. The van der Waals surface area contributed by atoms with E-state index in [1.807, 2.05) is 18.5 Å². The molecule has 7 nitrogen and oxygen atoms in total. The van der Waals surface area contributed by atoms with Crippen LogP contribution in [0, 0.1) is 5.82 Å². The molecule has 4 rings (SSSR count). The third kappa shape index (κ3) is 3.85. The van der Waals surface area contributed by atoms with Gasteiger partial charge >= 0.3 is 0 Å². The maximum Gasteiger partial charge on any atom is 0.230 e. The lowest BCUT2D eigenvalue weighted by Gasteiger charge is -2.24. The van der Waals surface area contributed by atoms with Gasteiger partial charge in [-0.05, 0) is 44.5 Å². The predicted octanol–water partition coefficient (Wildman–Crippen LogP) is 2.14. The van der Waals surface area contributed by atoms with Gasteiger partial charge in [0.1, 0.15) is 11.3 Å². The second-order valence-electron chi connectivity index (χ2n) is 7.91. The zero-order valence-corrected chi connectivity index (χ0v) is 16.7. The van der Waals surface area contributed by atoms with Crippen molar-refractivity contribution in [2.75, 3.05) is 19.6 Å². The molecule has 0 aliphatic carbocycles. The molecule has 3 heterocycles. The number of carbonyl (C=O) groups is 1. The summed E-state index contributed by atoms with van der Waals surface area (Å²) in [5.41, 5.74) is 2.54. The second kappa shape index (κ2) is 7.87. The molecule has 0 bridgehead atoms. The smallest absolute Gasteiger partial charge is 0.230 e. The van der Waals surface area contributed by atoms with Crippen LogP contribution in [0.25, 0.3) is 11.2 Å². The van der Waals surface area contributed by atoms with Crippen molar-refractivity contribution in [1.29, 1.82) is 0 Å². The van der Waals surface area contributed by atoms with Gasteiger partial charge in [-0.3, -0.25) is 4.79 Å². The zero-order chi connectivity index (χ0) is 20.4. The number of carbonyl (C=O) groups excluding carboxylic acids is 1. The molecule has 0 unspecified atom stereocenters. The summed E-state index contributed by atoms with van der Waals surface area (Å²) >= 11 is 0. The van der Waals surface area contributed by atoms with Crippen LogP contribution >= 0.6 is 0 Å². The molecule has 0 radical (unpaired) electrons. The van der Waals surface area contributed by atoms with Crippen molar-refractivity contribution in [3.05, 3.63) is 53.7 Å². The minimum absolute atomic E-state index is 0.119. The molecule has 2 N–H and O–H groups in total. The largest absolute Gasteiger partial charge is 0.353 e. The van der Waals surface area contributed by atoms with Crippen LogP contribution < -0.4 is 10.6 Å². The van der Waals surface area contributed by atoms with Crippen LogP contribution in [-0.2, 0) is 16.8 Å². The first kappa shape index (κ1) is 19.4. The van der Waals surface area contributed by atoms with Crippen LogP contribution in [0.4, 0.5) is 4.39 Å². The number of nitrogens with zero attached hydrogens (tertiary/aromatic N) is 4. The van der Waals surface area contributed by atoms with E-state index in [1.54, 1.807) is 24.5 Å². The summed E-state index contributed by atoms with van der Waals surface area (Å²) in [5.74, 6) is -0.0979. The Kier molecular flexibility index (Phi) is 5.27. The Morgan fingerprint density at radius 1 is 1.28 bits per heavy atom. The standard InChI is InChI=1S/C21H25FN6O/c1-21(2,15-3-5-16(22)6-4-15)20(29)26-11-12-28-19-18(24-9-10-25-19)17(27-28)14-7-8-23-13-14/h3-6,9-10,14,23H,7-8,11-13H2,1-2H3,(H,26,29)/t14-/m1/s1. The lowest BCUT2D eigenvalue weighted by atomic mass is 9.84. The topological polar surface area (TPSA) is 84.7 Å². The molecule has 8 heteroatoms. The van der Waals surface area contributed by atoms with Crippen LogP contribution in [0.2, 0.25) is 0 Å². The molecule has 0 spiro atoms. The second-order valence-corrected chi connectivity index (χ2v) is 7.91. The number of rotatable bonds is 6. The number of nitrogens with one attached hydrogen (secondary N) is 2. The summed E-state index contributed by atoms with van der Waals surface area (Å²) in [6.07, 6.45) is 4.38. The van der Waals surface area contributed by atoms with E-state index >= 15 is 0 Å². The van der Waals surface area contributed by atoms with E-state index < -0.39 is 5.41 Å². The molecular weight excluding hydrogens is 371 g/mol. The van der Waals surface area contributed by atoms with Crippen LogP contribution in [0.3, 0.4) is 0 Å². The fraction of sp³-hybridized carbons (Fsp3) is 0.429. The summed E-state index contributed by atoms with van der Waals surface area (Å²) in [7, 11) is 0.